The number of nitrogens with zero attached hydrogens (tertiary/aromatic N) is 1. The van der Waals surface area contributed by atoms with Gasteiger partial charge in [-0.3, -0.25) is 9.59 Å². The first kappa shape index (κ1) is 20.2. The Morgan fingerprint density at radius 1 is 0.926 bits per heavy atom. The molecule has 2 aromatic rings. The number of carboxylic acids is 1. The minimum atomic E-state index is -1.04. The van der Waals surface area contributed by atoms with E-state index in [0.717, 1.165) is 5.56 Å². The zero-order valence-electron chi connectivity index (χ0n) is 16.0. The van der Waals surface area contributed by atoms with Gasteiger partial charge in [0.1, 0.15) is 0 Å². The van der Waals surface area contributed by atoms with E-state index in [1.165, 1.54) is 6.07 Å². The van der Waals surface area contributed by atoms with Gasteiger partial charge in [-0.05, 0) is 69.2 Å². The van der Waals surface area contributed by atoms with Gasteiger partial charge in [-0.2, -0.15) is 0 Å². The summed E-state index contributed by atoms with van der Waals surface area (Å²) in [6, 6.07) is 9.62. The van der Waals surface area contributed by atoms with E-state index >= 15 is 0 Å². The van der Waals surface area contributed by atoms with Crippen LogP contribution in [0.5, 0.6) is 0 Å². The Morgan fingerprint density at radius 3 is 2.00 bits per heavy atom. The van der Waals surface area contributed by atoms with Gasteiger partial charge < -0.3 is 15.3 Å². The first-order chi connectivity index (χ1) is 12.8. The van der Waals surface area contributed by atoms with Crippen LogP contribution in [0.1, 0.15) is 56.0 Å². The van der Waals surface area contributed by atoms with Gasteiger partial charge in [-0.15, -0.1) is 0 Å². The molecule has 6 heteroatoms. The van der Waals surface area contributed by atoms with Crippen molar-refractivity contribution in [3.05, 3.63) is 64.2 Å². The molecular weight excluding hydrogens is 344 g/mol. The quantitative estimate of drug-likeness (QED) is 0.813. The summed E-state index contributed by atoms with van der Waals surface area (Å²) >= 11 is 0. The molecule has 2 aromatic carbocycles. The first-order valence-electron chi connectivity index (χ1n) is 8.83. The van der Waals surface area contributed by atoms with Gasteiger partial charge >= 0.3 is 5.97 Å². The molecule has 0 spiro atoms. The first-order valence-corrected chi connectivity index (χ1v) is 8.83. The molecule has 142 valence electrons. The van der Waals surface area contributed by atoms with Gasteiger partial charge in [0, 0.05) is 29.9 Å². The molecular formula is C21H24N2O4. The van der Waals surface area contributed by atoms with Crippen molar-refractivity contribution in [3.63, 3.8) is 0 Å². The summed E-state index contributed by atoms with van der Waals surface area (Å²) in [5.41, 5.74) is 2.93. The number of amides is 2. The van der Waals surface area contributed by atoms with E-state index in [-0.39, 0.29) is 17.4 Å². The Hall–Kier alpha value is -3.15. The molecule has 0 aliphatic rings. The van der Waals surface area contributed by atoms with E-state index in [1.54, 1.807) is 49.1 Å². The summed E-state index contributed by atoms with van der Waals surface area (Å²) in [5.74, 6) is -1.48. The molecule has 0 radical (unpaired) electrons. The number of aromatic carboxylic acids is 1. The van der Waals surface area contributed by atoms with Crippen molar-refractivity contribution in [2.75, 3.05) is 18.4 Å². The average Bonchev–Trinajstić information content (AvgIpc) is 2.64. The van der Waals surface area contributed by atoms with Crippen LogP contribution in [0, 0.1) is 13.8 Å². The van der Waals surface area contributed by atoms with Gasteiger partial charge in [0.05, 0.1) is 5.56 Å². The lowest BCUT2D eigenvalue weighted by molar-refractivity contribution is 0.0694. The summed E-state index contributed by atoms with van der Waals surface area (Å²) in [5, 5.41) is 12.0. The van der Waals surface area contributed by atoms with E-state index in [1.807, 2.05) is 13.8 Å². The topological polar surface area (TPSA) is 86.7 Å². The number of carbonyl (C=O) groups excluding carboxylic acids is 2. The summed E-state index contributed by atoms with van der Waals surface area (Å²) in [6.45, 7) is 8.59. The monoisotopic (exact) mass is 368 g/mol. The van der Waals surface area contributed by atoms with Gasteiger partial charge in [-0.1, -0.05) is 6.07 Å². The fraction of sp³-hybridized carbons (Fsp3) is 0.286. The summed E-state index contributed by atoms with van der Waals surface area (Å²) in [6.07, 6.45) is 0. The lowest BCUT2D eigenvalue weighted by Gasteiger charge is -2.18. The highest BCUT2D eigenvalue weighted by atomic mass is 16.4. The third kappa shape index (κ3) is 4.53. The molecule has 0 bridgehead atoms. The number of rotatable bonds is 6. The second-order valence-corrected chi connectivity index (χ2v) is 6.30. The Labute approximate surface area is 158 Å². The number of benzene rings is 2. The number of carboxylic acid groups (broad SMARTS) is 1. The molecule has 0 aliphatic heterocycles. The van der Waals surface area contributed by atoms with Gasteiger partial charge in [0.2, 0.25) is 0 Å². The van der Waals surface area contributed by atoms with Crippen LogP contribution < -0.4 is 5.32 Å². The molecule has 0 fully saturated rings. The molecule has 6 nitrogen and oxygen atoms in total. The van der Waals surface area contributed by atoms with Gasteiger partial charge in [0.25, 0.3) is 11.8 Å². The van der Waals surface area contributed by atoms with Crippen molar-refractivity contribution < 1.29 is 19.5 Å². The highest BCUT2D eigenvalue weighted by Crippen LogP contribution is 2.21. The van der Waals surface area contributed by atoms with Crippen molar-refractivity contribution in [1.82, 2.24) is 4.90 Å². The molecule has 0 saturated heterocycles. The van der Waals surface area contributed by atoms with E-state index in [0.29, 0.717) is 35.5 Å². The second-order valence-electron chi connectivity index (χ2n) is 6.30. The number of carbonyl (C=O) groups is 3. The Kier molecular flexibility index (Phi) is 6.34. The second kappa shape index (κ2) is 8.49. The standard InChI is InChI=1S/C21H24N2O4/c1-5-23(6-2)20(25)16-9-7-15(8-10-16)19(24)22-18-12-17(21(26)27)13(3)11-14(18)4/h7-12H,5-6H2,1-4H3,(H,22,24)(H,26,27). The lowest BCUT2D eigenvalue weighted by Crippen LogP contribution is -2.30. The minimum absolute atomic E-state index is 0.0764. The molecule has 27 heavy (non-hydrogen) atoms. The van der Waals surface area contributed by atoms with Crippen LogP contribution in [0.3, 0.4) is 0 Å². The fourth-order valence-corrected chi connectivity index (χ4v) is 2.87. The lowest BCUT2D eigenvalue weighted by atomic mass is 10.0. The smallest absolute Gasteiger partial charge is 0.336 e. The predicted octanol–water partition coefficient (Wildman–Crippen LogP) is 3.74. The molecule has 0 unspecified atom stereocenters. The number of anilines is 1. The molecule has 0 atom stereocenters. The normalized spacial score (nSPS) is 10.4. The molecule has 0 heterocycles. The maximum absolute atomic E-state index is 12.5. The van der Waals surface area contributed by atoms with Crippen molar-refractivity contribution in [3.8, 4) is 0 Å². The number of hydrogen-bond donors (Lipinski definition) is 2. The summed E-state index contributed by atoms with van der Waals surface area (Å²) in [7, 11) is 0. The molecule has 0 saturated carbocycles. The highest BCUT2D eigenvalue weighted by Gasteiger charge is 2.15. The third-order valence-electron chi connectivity index (χ3n) is 4.49. The van der Waals surface area contributed by atoms with Crippen molar-refractivity contribution in [2.24, 2.45) is 0 Å². The number of hydrogen-bond acceptors (Lipinski definition) is 3. The largest absolute Gasteiger partial charge is 0.478 e. The maximum atomic E-state index is 12.5. The predicted molar refractivity (Wildman–Crippen MR) is 105 cm³/mol. The fourth-order valence-electron chi connectivity index (χ4n) is 2.87. The van der Waals surface area contributed by atoms with E-state index in [4.69, 9.17) is 0 Å². The van der Waals surface area contributed by atoms with Crippen LogP contribution in [0.15, 0.2) is 36.4 Å². The number of aryl methyl sites for hydroxylation is 2. The number of nitrogens with one attached hydrogen (secondary N) is 1. The van der Waals surface area contributed by atoms with Crippen LogP contribution in [0.4, 0.5) is 5.69 Å². The van der Waals surface area contributed by atoms with Crippen LogP contribution in [-0.4, -0.2) is 40.9 Å². The van der Waals surface area contributed by atoms with E-state index in [9.17, 15) is 19.5 Å². The SMILES string of the molecule is CCN(CC)C(=O)c1ccc(C(=O)Nc2cc(C(=O)O)c(C)cc2C)cc1. The molecule has 2 amide bonds. The van der Waals surface area contributed by atoms with Crippen molar-refractivity contribution in [1.29, 1.82) is 0 Å². The van der Waals surface area contributed by atoms with Crippen LogP contribution in [-0.2, 0) is 0 Å². The Morgan fingerprint density at radius 2 is 1.48 bits per heavy atom. The summed E-state index contributed by atoms with van der Waals surface area (Å²) in [4.78, 5) is 37.8. The summed E-state index contributed by atoms with van der Waals surface area (Å²) < 4.78 is 0. The van der Waals surface area contributed by atoms with Crippen molar-refractivity contribution >= 4 is 23.5 Å². The van der Waals surface area contributed by atoms with Gasteiger partial charge in [0.15, 0.2) is 0 Å². The zero-order chi connectivity index (χ0) is 20.1. The van der Waals surface area contributed by atoms with Crippen LogP contribution in [0.25, 0.3) is 0 Å². The maximum Gasteiger partial charge on any atom is 0.336 e. The Bertz CT molecular complexity index is 868. The van der Waals surface area contributed by atoms with Crippen molar-refractivity contribution in [2.45, 2.75) is 27.7 Å². The van der Waals surface area contributed by atoms with E-state index in [2.05, 4.69) is 5.32 Å². The van der Waals surface area contributed by atoms with Crippen LogP contribution in [0.2, 0.25) is 0 Å². The molecule has 0 aliphatic carbocycles. The van der Waals surface area contributed by atoms with Gasteiger partial charge in [-0.25, -0.2) is 4.79 Å². The molecule has 2 rings (SSSR count). The molecule has 0 aromatic heterocycles. The highest BCUT2D eigenvalue weighted by molar-refractivity contribution is 6.06. The average molecular weight is 368 g/mol. The zero-order valence-corrected chi connectivity index (χ0v) is 16.0. The third-order valence-corrected chi connectivity index (χ3v) is 4.49. The van der Waals surface area contributed by atoms with E-state index < -0.39 is 5.97 Å². The minimum Gasteiger partial charge on any atom is -0.478 e. The van der Waals surface area contributed by atoms with Crippen LogP contribution >= 0.6 is 0 Å². The Balaban J connectivity index is 2.21. The molecule has 2 N–H and O–H groups in total.